The normalized spacial score (nSPS) is 20.4. The number of piperazine rings is 1. The van der Waals surface area contributed by atoms with Crippen LogP contribution in [0.25, 0.3) is 0 Å². The molecule has 154 valence electrons. The average molecular weight is 409 g/mol. The molecule has 7 nitrogen and oxygen atoms in total. The van der Waals surface area contributed by atoms with Gasteiger partial charge in [0, 0.05) is 39.3 Å². The molecule has 1 aromatic carbocycles. The van der Waals surface area contributed by atoms with Crippen LogP contribution in [-0.2, 0) is 9.53 Å². The molecule has 2 aliphatic rings. The minimum absolute atomic E-state index is 0.132. The summed E-state index contributed by atoms with van der Waals surface area (Å²) >= 11 is 6.10. The fourth-order valence-corrected chi connectivity index (χ4v) is 3.60. The number of halogens is 1. The van der Waals surface area contributed by atoms with E-state index >= 15 is 0 Å². The first-order chi connectivity index (χ1) is 13.7. The van der Waals surface area contributed by atoms with Crippen LogP contribution in [0.5, 0.6) is 5.75 Å². The zero-order valence-corrected chi connectivity index (χ0v) is 17.2. The van der Waals surface area contributed by atoms with Gasteiger partial charge >= 0.3 is 0 Å². The number of ether oxygens (including phenoxy) is 2. The quantitative estimate of drug-likeness (QED) is 0.443. The number of carbonyl (C=O) groups is 1. The molecule has 0 aliphatic carbocycles. The lowest BCUT2D eigenvalue weighted by Gasteiger charge is -2.37. The van der Waals surface area contributed by atoms with Crippen molar-refractivity contribution in [2.24, 2.45) is 4.99 Å². The van der Waals surface area contributed by atoms with Crippen LogP contribution in [0.4, 0.5) is 0 Å². The molecule has 1 unspecified atom stereocenters. The van der Waals surface area contributed by atoms with Gasteiger partial charge in [0.05, 0.1) is 11.6 Å². The molecule has 1 aromatic rings. The number of para-hydroxylation sites is 1. The molecule has 1 atom stereocenters. The van der Waals surface area contributed by atoms with E-state index in [9.17, 15) is 4.79 Å². The maximum Gasteiger partial charge on any atom is 0.251 e. The van der Waals surface area contributed by atoms with Crippen molar-refractivity contribution in [1.82, 2.24) is 15.1 Å². The zero-order chi connectivity index (χ0) is 19.8. The highest BCUT2D eigenvalue weighted by Gasteiger charge is 2.30. The molecule has 0 bridgehead atoms. The second-order valence-corrected chi connectivity index (χ2v) is 7.24. The van der Waals surface area contributed by atoms with Crippen LogP contribution in [0.2, 0.25) is 5.02 Å². The van der Waals surface area contributed by atoms with Gasteiger partial charge in [-0.1, -0.05) is 23.7 Å². The van der Waals surface area contributed by atoms with E-state index in [0.29, 0.717) is 43.6 Å². The van der Waals surface area contributed by atoms with Gasteiger partial charge in [-0.3, -0.25) is 4.79 Å². The van der Waals surface area contributed by atoms with Crippen molar-refractivity contribution in [2.75, 3.05) is 52.5 Å². The summed E-state index contributed by atoms with van der Waals surface area (Å²) in [6.45, 7) is 7.43. The predicted molar refractivity (Wildman–Crippen MR) is 110 cm³/mol. The maximum absolute atomic E-state index is 12.5. The summed E-state index contributed by atoms with van der Waals surface area (Å²) in [5.74, 6) is 1.66. The second-order valence-electron chi connectivity index (χ2n) is 6.83. The molecule has 8 heteroatoms. The number of hydrogen-bond donors (Lipinski definition) is 1. The minimum Gasteiger partial charge on any atom is -0.490 e. The van der Waals surface area contributed by atoms with Crippen molar-refractivity contribution in [2.45, 2.75) is 25.9 Å². The molecule has 2 heterocycles. The number of amides is 1. The Bertz CT molecular complexity index is 671. The third-order valence-electron chi connectivity index (χ3n) is 4.88. The van der Waals surface area contributed by atoms with Crippen molar-refractivity contribution in [1.29, 1.82) is 0 Å². The Morgan fingerprint density at radius 1 is 1.29 bits per heavy atom. The monoisotopic (exact) mass is 408 g/mol. The summed E-state index contributed by atoms with van der Waals surface area (Å²) in [5, 5.41) is 3.93. The van der Waals surface area contributed by atoms with Crippen LogP contribution in [0.15, 0.2) is 29.3 Å². The molecule has 2 saturated heterocycles. The number of aliphatic imine (C=N–C) groups is 1. The summed E-state index contributed by atoms with van der Waals surface area (Å²) in [4.78, 5) is 21.3. The van der Waals surface area contributed by atoms with Crippen LogP contribution in [0.3, 0.4) is 0 Å². The highest BCUT2D eigenvalue weighted by atomic mass is 35.5. The molecule has 0 spiro atoms. The second kappa shape index (κ2) is 10.5. The van der Waals surface area contributed by atoms with Crippen molar-refractivity contribution in [3.63, 3.8) is 0 Å². The molecular formula is C20H29ClN4O3. The van der Waals surface area contributed by atoms with Crippen molar-refractivity contribution < 1.29 is 14.3 Å². The lowest BCUT2D eigenvalue weighted by atomic mass is 10.2. The number of hydrogen-bond acceptors (Lipinski definition) is 4. The Kier molecular flexibility index (Phi) is 7.80. The van der Waals surface area contributed by atoms with Gasteiger partial charge in [-0.2, -0.15) is 0 Å². The van der Waals surface area contributed by atoms with E-state index in [1.54, 1.807) is 0 Å². The van der Waals surface area contributed by atoms with Gasteiger partial charge in [-0.25, -0.2) is 4.99 Å². The largest absolute Gasteiger partial charge is 0.490 e. The number of nitrogens with one attached hydrogen (secondary N) is 1. The molecule has 1 amide bonds. The maximum atomic E-state index is 12.5. The van der Waals surface area contributed by atoms with Gasteiger partial charge in [0.15, 0.2) is 5.96 Å². The van der Waals surface area contributed by atoms with Gasteiger partial charge in [0.2, 0.25) is 0 Å². The Balaban J connectivity index is 1.47. The number of benzene rings is 1. The standard InChI is InChI=1S/C20H29ClN4O3/c1-2-22-20(23-9-15-28-17-7-4-3-6-16(17)21)25-12-10-24(11-13-25)19(26)18-8-5-14-27-18/h3-4,6-7,18H,2,5,8-15H2,1H3,(H,22,23). The predicted octanol–water partition coefficient (Wildman–Crippen LogP) is 2.01. The van der Waals surface area contributed by atoms with E-state index in [1.807, 2.05) is 36.1 Å². The van der Waals surface area contributed by atoms with Gasteiger partial charge in [0.1, 0.15) is 18.5 Å². The Morgan fingerprint density at radius 2 is 2.04 bits per heavy atom. The van der Waals surface area contributed by atoms with E-state index in [-0.39, 0.29) is 12.0 Å². The summed E-state index contributed by atoms with van der Waals surface area (Å²) in [6, 6.07) is 7.43. The molecule has 28 heavy (non-hydrogen) atoms. The van der Waals surface area contributed by atoms with Crippen LogP contribution in [-0.4, -0.2) is 80.3 Å². The summed E-state index contributed by atoms with van der Waals surface area (Å²) in [6.07, 6.45) is 1.58. The Morgan fingerprint density at radius 3 is 2.71 bits per heavy atom. The molecule has 1 N–H and O–H groups in total. The first-order valence-electron chi connectivity index (χ1n) is 10.00. The summed E-state index contributed by atoms with van der Waals surface area (Å²) in [7, 11) is 0. The highest BCUT2D eigenvalue weighted by molar-refractivity contribution is 6.32. The van der Waals surface area contributed by atoms with Gasteiger partial charge in [0.25, 0.3) is 5.91 Å². The number of guanidine groups is 1. The molecule has 2 fully saturated rings. The van der Waals surface area contributed by atoms with E-state index in [0.717, 1.165) is 38.4 Å². The van der Waals surface area contributed by atoms with E-state index in [2.05, 4.69) is 15.2 Å². The van der Waals surface area contributed by atoms with Gasteiger partial charge in [-0.05, 0) is 31.9 Å². The molecular weight excluding hydrogens is 380 g/mol. The molecule has 0 saturated carbocycles. The van der Waals surface area contributed by atoms with E-state index < -0.39 is 0 Å². The molecule has 3 rings (SSSR count). The summed E-state index contributed by atoms with van der Waals surface area (Å²) in [5.41, 5.74) is 0. The van der Waals surface area contributed by atoms with E-state index in [1.165, 1.54) is 0 Å². The van der Waals surface area contributed by atoms with Crippen LogP contribution >= 0.6 is 11.6 Å². The van der Waals surface area contributed by atoms with Gasteiger partial charge < -0.3 is 24.6 Å². The van der Waals surface area contributed by atoms with Crippen LogP contribution in [0, 0.1) is 0 Å². The van der Waals surface area contributed by atoms with E-state index in [4.69, 9.17) is 21.1 Å². The molecule has 0 aromatic heterocycles. The SMILES string of the molecule is CCNC(=NCCOc1ccccc1Cl)N1CCN(C(=O)C2CCCO2)CC1. The zero-order valence-electron chi connectivity index (χ0n) is 16.4. The fourth-order valence-electron chi connectivity index (χ4n) is 3.41. The average Bonchev–Trinajstić information content (AvgIpc) is 3.26. The number of nitrogens with zero attached hydrogens (tertiary/aromatic N) is 3. The van der Waals surface area contributed by atoms with Crippen molar-refractivity contribution in [3.8, 4) is 5.75 Å². The number of carbonyl (C=O) groups excluding carboxylic acids is 1. The molecule has 0 radical (unpaired) electrons. The lowest BCUT2D eigenvalue weighted by molar-refractivity contribution is -0.142. The number of rotatable bonds is 6. The lowest BCUT2D eigenvalue weighted by Crippen LogP contribution is -2.55. The van der Waals surface area contributed by atoms with Crippen molar-refractivity contribution >= 4 is 23.5 Å². The smallest absolute Gasteiger partial charge is 0.251 e. The topological polar surface area (TPSA) is 66.4 Å². The first kappa shape index (κ1) is 20.7. The Hall–Kier alpha value is -1.99. The van der Waals surface area contributed by atoms with Crippen LogP contribution in [0.1, 0.15) is 19.8 Å². The highest BCUT2D eigenvalue weighted by Crippen LogP contribution is 2.22. The van der Waals surface area contributed by atoms with Gasteiger partial charge in [-0.15, -0.1) is 0 Å². The van der Waals surface area contributed by atoms with Crippen LogP contribution < -0.4 is 10.1 Å². The third-order valence-corrected chi connectivity index (χ3v) is 5.19. The fraction of sp³-hybridized carbons (Fsp3) is 0.600. The van der Waals surface area contributed by atoms with Crippen molar-refractivity contribution in [3.05, 3.63) is 29.3 Å². The minimum atomic E-state index is -0.240. The Labute approximate surface area is 171 Å². The summed E-state index contributed by atoms with van der Waals surface area (Å²) < 4.78 is 11.2. The first-order valence-corrected chi connectivity index (χ1v) is 10.4. The third kappa shape index (κ3) is 5.52. The molecule has 2 aliphatic heterocycles.